The Morgan fingerprint density at radius 3 is 2.48 bits per heavy atom. The molecule has 2 aromatic carbocycles. The third-order valence-electron chi connectivity index (χ3n) is 3.22. The van der Waals surface area contributed by atoms with E-state index in [-0.39, 0.29) is 11.8 Å². The van der Waals surface area contributed by atoms with Crippen LogP contribution in [0, 0.1) is 5.82 Å². The molecule has 2 rings (SSSR count). The van der Waals surface area contributed by atoms with E-state index in [0.29, 0.717) is 19.6 Å². The van der Waals surface area contributed by atoms with Crippen LogP contribution in [0.5, 0.6) is 0 Å². The van der Waals surface area contributed by atoms with E-state index in [1.807, 2.05) is 37.3 Å². The Morgan fingerprint density at radius 2 is 1.81 bits per heavy atom. The van der Waals surface area contributed by atoms with Crippen molar-refractivity contribution < 1.29 is 9.18 Å². The van der Waals surface area contributed by atoms with E-state index in [2.05, 4.69) is 5.32 Å². The molecule has 0 fully saturated rings. The number of nitrogens with zero attached hydrogens (tertiary/aromatic N) is 1. The average molecular weight is 286 g/mol. The van der Waals surface area contributed by atoms with Gasteiger partial charge in [0.05, 0.1) is 0 Å². The van der Waals surface area contributed by atoms with Crippen LogP contribution in [0.25, 0.3) is 0 Å². The van der Waals surface area contributed by atoms with Crippen molar-refractivity contribution in [2.75, 3.05) is 6.54 Å². The fourth-order valence-corrected chi connectivity index (χ4v) is 2.07. The standard InChI is InChI=1S/C17H19FN2O/c1-2-20(13-14-7-4-3-5-8-14)17(21)19-12-15-9-6-10-16(18)11-15/h3-11H,2,12-13H2,1H3,(H,19,21). The Morgan fingerprint density at radius 1 is 1.10 bits per heavy atom. The maximum Gasteiger partial charge on any atom is 0.317 e. The number of amides is 2. The van der Waals surface area contributed by atoms with Gasteiger partial charge in [-0.1, -0.05) is 42.5 Å². The quantitative estimate of drug-likeness (QED) is 0.895. The molecule has 0 saturated carbocycles. The minimum atomic E-state index is -0.293. The van der Waals surface area contributed by atoms with Gasteiger partial charge in [-0.15, -0.1) is 0 Å². The normalized spacial score (nSPS) is 10.2. The average Bonchev–Trinajstić information content (AvgIpc) is 2.51. The minimum Gasteiger partial charge on any atom is -0.334 e. The number of benzene rings is 2. The summed E-state index contributed by atoms with van der Waals surface area (Å²) >= 11 is 0. The predicted octanol–water partition coefficient (Wildman–Crippen LogP) is 3.56. The van der Waals surface area contributed by atoms with Crippen molar-refractivity contribution >= 4 is 6.03 Å². The summed E-state index contributed by atoms with van der Waals surface area (Å²) in [6.45, 7) is 3.43. The second kappa shape index (κ2) is 7.43. The van der Waals surface area contributed by atoms with Crippen molar-refractivity contribution in [2.45, 2.75) is 20.0 Å². The third-order valence-corrected chi connectivity index (χ3v) is 3.22. The molecule has 0 saturated heterocycles. The molecule has 4 heteroatoms. The number of halogens is 1. The molecule has 21 heavy (non-hydrogen) atoms. The number of carbonyl (C=O) groups excluding carboxylic acids is 1. The van der Waals surface area contributed by atoms with E-state index < -0.39 is 0 Å². The Bertz CT molecular complexity index is 586. The van der Waals surface area contributed by atoms with Gasteiger partial charge in [0.15, 0.2) is 0 Å². The first-order valence-corrected chi connectivity index (χ1v) is 7.00. The number of rotatable bonds is 5. The zero-order valence-corrected chi connectivity index (χ0v) is 12.1. The molecule has 0 aromatic heterocycles. The molecular formula is C17H19FN2O. The Hall–Kier alpha value is -2.36. The van der Waals surface area contributed by atoms with Gasteiger partial charge in [-0.3, -0.25) is 0 Å². The van der Waals surface area contributed by atoms with Gasteiger partial charge in [0.1, 0.15) is 5.82 Å². The van der Waals surface area contributed by atoms with Gasteiger partial charge >= 0.3 is 6.03 Å². The molecule has 2 aromatic rings. The molecule has 0 aliphatic heterocycles. The second-order valence-electron chi connectivity index (χ2n) is 4.79. The van der Waals surface area contributed by atoms with Crippen LogP contribution in [0.2, 0.25) is 0 Å². The van der Waals surface area contributed by atoms with Crippen molar-refractivity contribution in [3.63, 3.8) is 0 Å². The summed E-state index contributed by atoms with van der Waals surface area (Å²) in [6, 6.07) is 15.9. The first kappa shape index (κ1) is 15.0. The van der Waals surface area contributed by atoms with E-state index in [1.54, 1.807) is 17.0 Å². The van der Waals surface area contributed by atoms with Gasteiger partial charge in [-0.2, -0.15) is 0 Å². The SMILES string of the molecule is CCN(Cc1ccccc1)C(=O)NCc1cccc(F)c1. The van der Waals surface area contributed by atoms with Gasteiger partial charge in [0.25, 0.3) is 0 Å². The highest BCUT2D eigenvalue weighted by molar-refractivity contribution is 5.74. The lowest BCUT2D eigenvalue weighted by Gasteiger charge is -2.21. The zero-order valence-electron chi connectivity index (χ0n) is 12.1. The molecule has 0 aliphatic rings. The maximum atomic E-state index is 13.1. The topological polar surface area (TPSA) is 32.3 Å². The molecule has 1 N–H and O–H groups in total. The molecule has 0 aliphatic carbocycles. The fourth-order valence-electron chi connectivity index (χ4n) is 2.07. The van der Waals surface area contributed by atoms with Crippen LogP contribution in [-0.2, 0) is 13.1 Å². The van der Waals surface area contributed by atoms with E-state index in [9.17, 15) is 9.18 Å². The molecule has 110 valence electrons. The van der Waals surface area contributed by atoms with Crippen LogP contribution in [0.1, 0.15) is 18.1 Å². The molecule has 0 atom stereocenters. The molecule has 2 amide bonds. The minimum absolute atomic E-state index is 0.148. The summed E-state index contributed by atoms with van der Waals surface area (Å²) in [4.78, 5) is 13.9. The first-order chi connectivity index (χ1) is 10.2. The maximum absolute atomic E-state index is 13.1. The Kier molecular flexibility index (Phi) is 5.32. The highest BCUT2D eigenvalue weighted by Crippen LogP contribution is 2.06. The lowest BCUT2D eigenvalue weighted by molar-refractivity contribution is 0.197. The largest absolute Gasteiger partial charge is 0.334 e. The van der Waals surface area contributed by atoms with Crippen molar-refractivity contribution in [3.8, 4) is 0 Å². The number of carbonyl (C=O) groups is 1. The van der Waals surface area contributed by atoms with Crippen molar-refractivity contribution in [2.24, 2.45) is 0 Å². The lowest BCUT2D eigenvalue weighted by Crippen LogP contribution is -2.39. The molecule has 0 bridgehead atoms. The summed E-state index contributed by atoms with van der Waals surface area (Å²) in [6.07, 6.45) is 0. The lowest BCUT2D eigenvalue weighted by atomic mass is 10.2. The Balaban J connectivity index is 1.91. The number of hydrogen-bond acceptors (Lipinski definition) is 1. The van der Waals surface area contributed by atoms with Crippen molar-refractivity contribution in [1.82, 2.24) is 10.2 Å². The molecule has 0 heterocycles. The van der Waals surface area contributed by atoms with Gasteiger partial charge < -0.3 is 10.2 Å². The summed E-state index contributed by atoms with van der Waals surface area (Å²) in [5.74, 6) is -0.293. The summed E-state index contributed by atoms with van der Waals surface area (Å²) in [7, 11) is 0. The van der Waals surface area contributed by atoms with Gasteiger partial charge in [-0.25, -0.2) is 9.18 Å². The number of urea groups is 1. The summed E-state index contributed by atoms with van der Waals surface area (Å²) in [5, 5.41) is 2.82. The molecule has 0 unspecified atom stereocenters. The van der Waals surface area contributed by atoms with Crippen LogP contribution < -0.4 is 5.32 Å². The van der Waals surface area contributed by atoms with Crippen LogP contribution in [0.3, 0.4) is 0 Å². The van der Waals surface area contributed by atoms with Crippen LogP contribution in [0.15, 0.2) is 54.6 Å². The van der Waals surface area contributed by atoms with Gasteiger partial charge in [-0.05, 0) is 30.2 Å². The van der Waals surface area contributed by atoms with Crippen molar-refractivity contribution in [3.05, 3.63) is 71.5 Å². The van der Waals surface area contributed by atoms with E-state index in [4.69, 9.17) is 0 Å². The summed E-state index contributed by atoms with van der Waals surface area (Å²) < 4.78 is 13.1. The van der Waals surface area contributed by atoms with E-state index in [1.165, 1.54) is 12.1 Å². The highest BCUT2D eigenvalue weighted by Gasteiger charge is 2.11. The zero-order chi connectivity index (χ0) is 15.1. The molecule has 3 nitrogen and oxygen atoms in total. The van der Waals surface area contributed by atoms with Crippen LogP contribution >= 0.6 is 0 Å². The second-order valence-corrected chi connectivity index (χ2v) is 4.79. The van der Waals surface area contributed by atoms with Crippen molar-refractivity contribution in [1.29, 1.82) is 0 Å². The predicted molar refractivity (Wildman–Crippen MR) is 81.2 cm³/mol. The Labute approximate surface area is 124 Å². The van der Waals surface area contributed by atoms with Crippen LogP contribution in [0.4, 0.5) is 9.18 Å². The summed E-state index contributed by atoms with van der Waals surface area (Å²) in [5.41, 5.74) is 1.83. The highest BCUT2D eigenvalue weighted by atomic mass is 19.1. The van der Waals surface area contributed by atoms with Gasteiger partial charge in [0, 0.05) is 19.6 Å². The number of hydrogen-bond donors (Lipinski definition) is 1. The fraction of sp³-hybridized carbons (Fsp3) is 0.235. The van der Waals surface area contributed by atoms with E-state index in [0.717, 1.165) is 11.1 Å². The first-order valence-electron chi connectivity index (χ1n) is 7.00. The van der Waals surface area contributed by atoms with E-state index >= 15 is 0 Å². The molecule has 0 spiro atoms. The third kappa shape index (κ3) is 4.60. The number of nitrogens with one attached hydrogen (secondary N) is 1. The van der Waals surface area contributed by atoms with Crippen LogP contribution in [-0.4, -0.2) is 17.5 Å². The molecular weight excluding hydrogens is 267 g/mol. The molecule has 0 radical (unpaired) electrons. The smallest absolute Gasteiger partial charge is 0.317 e. The monoisotopic (exact) mass is 286 g/mol. The van der Waals surface area contributed by atoms with Gasteiger partial charge in [0.2, 0.25) is 0 Å².